The summed E-state index contributed by atoms with van der Waals surface area (Å²) in [6, 6.07) is -2.60. The fourth-order valence-electron chi connectivity index (χ4n) is 6.36. The van der Waals surface area contributed by atoms with Crippen LogP contribution < -0.4 is 44.2 Å². The number of hydrogen-bond donors (Lipinski definition) is 8. The van der Waals surface area contributed by atoms with Crippen LogP contribution in [0.25, 0.3) is 0 Å². The second-order valence-corrected chi connectivity index (χ2v) is 15.3. The highest BCUT2D eigenvalue weighted by Crippen LogP contribution is 2.14. The lowest BCUT2D eigenvalue weighted by Crippen LogP contribution is -2.57. The predicted octanol–water partition coefficient (Wildman–Crippen LogP) is 4.78. The smallest absolute Gasteiger partial charge is 0.243 e. The van der Waals surface area contributed by atoms with E-state index in [1.54, 1.807) is 0 Å². The molecule has 4 atom stereocenters. The first kappa shape index (κ1) is 50.1. The van der Waals surface area contributed by atoms with Gasteiger partial charge in [-0.25, -0.2) is 0 Å². The van der Waals surface area contributed by atoms with Crippen LogP contribution in [-0.4, -0.2) is 73.4 Å². The lowest BCUT2D eigenvalue weighted by Gasteiger charge is -2.27. The number of guanidine groups is 1. The summed E-state index contributed by atoms with van der Waals surface area (Å²) in [5.41, 5.74) is 22.2. The fraction of sp³-hybridized carbons (Fsp3) is 0.875. The summed E-state index contributed by atoms with van der Waals surface area (Å²) < 4.78 is 0. The third-order valence-electron chi connectivity index (χ3n) is 9.50. The first-order valence-electron chi connectivity index (χ1n) is 21.1. The minimum Gasteiger partial charge on any atom is -0.370 e. The monoisotopic (exact) mass is 752 g/mol. The molecule has 13 nitrogen and oxygen atoms in total. The van der Waals surface area contributed by atoms with Crippen molar-refractivity contribution in [2.24, 2.45) is 33.8 Å². The molecule has 0 unspecified atom stereocenters. The zero-order valence-electron chi connectivity index (χ0n) is 34.2. The topological polar surface area (TPSA) is 233 Å². The Morgan fingerprint density at radius 3 is 1.45 bits per heavy atom. The normalized spacial score (nSPS) is 13.5. The summed E-state index contributed by atoms with van der Waals surface area (Å²) in [7, 11) is 0. The van der Waals surface area contributed by atoms with E-state index in [0.29, 0.717) is 77.4 Å². The Kier molecular flexibility index (Phi) is 31.8. The number of amides is 4. The Hall–Kier alpha value is -2.93. The van der Waals surface area contributed by atoms with Crippen LogP contribution in [0.5, 0.6) is 0 Å². The van der Waals surface area contributed by atoms with Crippen LogP contribution in [0.15, 0.2) is 4.99 Å². The molecule has 0 bridgehead atoms. The molecule has 0 saturated carbocycles. The van der Waals surface area contributed by atoms with Crippen molar-refractivity contribution in [3.05, 3.63) is 0 Å². The standard InChI is InChI=1S/C40H81N9O4/c1-5-6-7-8-9-10-11-12-13-14-15-16-17-26-36(50)47-33(24-18-20-27-41)37(51)48-34(25-19-21-28-42)38(52)49-35(30-31(2)3)39(53)46-32(4)23-22-29-45-40(43)44/h31-35H,5-30,41-42H2,1-4H3,(H,46,53)(H,47,50)(H,48,51)(H,49,52)(H4,43,44,45)/t32-,33+,34+,35-/m1/s1. The zero-order valence-corrected chi connectivity index (χ0v) is 34.2. The Bertz CT molecular complexity index is 991. The van der Waals surface area contributed by atoms with Gasteiger partial charge < -0.3 is 44.2 Å². The molecule has 4 amide bonds. The third-order valence-corrected chi connectivity index (χ3v) is 9.50. The molecule has 13 heteroatoms. The van der Waals surface area contributed by atoms with Gasteiger partial charge in [0.15, 0.2) is 5.96 Å². The summed E-state index contributed by atoms with van der Waals surface area (Å²) in [5, 5.41) is 11.8. The number of nitrogens with two attached hydrogens (primary N) is 4. The van der Waals surface area contributed by atoms with Crippen molar-refractivity contribution in [2.45, 2.75) is 200 Å². The van der Waals surface area contributed by atoms with Crippen molar-refractivity contribution < 1.29 is 19.2 Å². The number of rotatable bonds is 35. The summed E-state index contributed by atoms with van der Waals surface area (Å²) >= 11 is 0. The summed E-state index contributed by atoms with van der Waals surface area (Å²) in [5.74, 6) is -1.13. The third kappa shape index (κ3) is 29.2. The molecule has 53 heavy (non-hydrogen) atoms. The molecular formula is C40H81N9O4. The van der Waals surface area contributed by atoms with Crippen molar-refractivity contribution in [1.82, 2.24) is 21.3 Å². The zero-order chi connectivity index (χ0) is 39.7. The Labute approximate surface area is 322 Å². The molecule has 0 aromatic heterocycles. The van der Waals surface area contributed by atoms with E-state index in [0.717, 1.165) is 25.7 Å². The van der Waals surface area contributed by atoms with Gasteiger partial charge in [-0.2, -0.15) is 0 Å². The maximum absolute atomic E-state index is 13.7. The second kappa shape index (κ2) is 33.6. The van der Waals surface area contributed by atoms with Crippen molar-refractivity contribution in [1.29, 1.82) is 0 Å². The maximum Gasteiger partial charge on any atom is 0.243 e. The molecule has 0 aliphatic heterocycles. The number of aliphatic imine (C=N–C) groups is 1. The Balaban J connectivity index is 5.20. The number of carbonyl (C=O) groups is 4. The number of unbranched alkanes of at least 4 members (excludes halogenated alkanes) is 14. The van der Waals surface area contributed by atoms with Gasteiger partial charge in [-0.15, -0.1) is 0 Å². The van der Waals surface area contributed by atoms with Gasteiger partial charge in [0.05, 0.1) is 0 Å². The number of carbonyl (C=O) groups excluding carboxylic acids is 4. The molecule has 0 aliphatic rings. The minimum absolute atomic E-state index is 0.0313. The highest BCUT2D eigenvalue weighted by molar-refractivity contribution is 5.94. The van der Waals surface area contributed by atoms with Crippen LogP contribution in [0.4, 0.5) is 0 Å². The maximum atomic E-state index is 13.7. The van der Waals surface area contributed by atoms with Crippen LogP contribution in [0.2, 0.25) is 0 Å². The van der Waals surface area contributed by atoms with E-state index in [1.807, 2.05) is 20.8 Å². The van der Waals surface area contributed by atoms with Gasteiger partial charge in [-0.05, 0) is 90.1 Å². The summed E-state index contributed by atoms with van der Waals surface area (Å²) in [4.78, 5) is 57.6. The highest BCUT2D eigenvalue weighted by Gasteiger charge is 2.30. The van der Waals surface area contributed by atoms with E-state index in [2.05, 4.69) is 33.2 Å². The molecule has 12 N–H and O–H groups in total. The van der Waals surface area contributed by atoms with Gasteiger partial charge in [0.2, 0.25) is 23.6 Å². The van der Waals surface area contributed by atoms with E-state index < -0.39 is 29.9 Å². The SMILES string of the molecule is CCCCCCCCCCCCCCCC(=O)N[C@@H](CCCCN)C(=O)N[C@@H](CCCCN)C(=O)N[C@H](CC(C)C)C(=O)N[C@H](C)CCCN=C(N)N. The average molecular weight is 752 g/mol. The predicted molar refractivity (Wildman–Crippen MR) is 219 cm³/mol. The van der Waals surface area contributed by atoms with E-state index in [4.69, 9.17) is 22.9 Å². The van der Waals surface area contributed by atoms with Gasteiger partial charge in [0, 0.05) is 19.0 Å². The van der Waals surface area contributed by atoms with Crippen molar-refractivity contribution >= 4 is 29.6 Å². The summed E-state index contributed by atoms with van der Waals surface area (Å²) in [6.45, 7) is 9.52. The largest absolute Gasteiger partial charge is 0.370 e. The first-order valence-corrected chi connectivity index (χ1v) is 21.1. The van der Waals surface area contributed by atoms with Gasteiger partial charge in [-0.1, -0.05) is 97.8 Å². The van der Waals surface area contributed by atoms with Crippen molar-refractivity contribution in [2.75, 3.05) is 19.6 Å². The van der Waals surface area contributed by atoms with E-state index >= 15 is 0 Å². The van der Waals surface area contributed by atoms with Crippen molar-refractivity contribution in [3.8, 4) is 0 Å². The molecule has 0 aromatic carbocycles. The molecule has 0 aromatic rings. The Morgan fingerprint density at radius 1 is 0.528 bits per heavy atom. The molecule has 0 radical (unpaired) electrons. The molecule has 0 fully saturated rings. The molecule has 0 heterocycles. The van der Waals surface area contributed by atoms with Crippen molar-refractivity contribution in [3.63, 3.8) is 0 Å². The lowest BCUT2D eigenvalue weighted by atomic mass is 10.0. The molecular weight excluding hydrogens is 670 g/mol. The van der Waals surface area contributed by atoms with Gasteiger partial charge in [-0.3, -0.25) is 24.2 Å². The van der Waals surface area contributed by atoms with Crippen LogP contribution in [0, 0.1) is 5.92 Å². The van der Waals surface area contributed by atoms with E-state index in [-0.39, 0.29) is 29.7 Å². The van der Waals surface area contributed by atoms with Gasteiger partial charge in [0.1, 0.15) is 18.1 Å². The number of nitrogens with one attached hydrogen (secondary N) is 4. The number of hydrogen-bond acceptors (Lipinski definition) is 7. The quantitative estimate of drug-likeness (QED) is 0.0254. The number of nitrogens with zero attached hydrogens (tertiary/aromatic N) is 1. The Morgan fingerprint density at radius 2 is 0.981 bits per heavy atom. The second-order valence-electron chi connectivity index (χ2n) is 15.3. The van der Waals surface area contributed by atoms with Crippen LogP contribution in [0.1, 0.15) is 175 Å². The van der Waals surface area contributed by atoms with Gasteiger partial charge >= 0.3 is 0 Å². The summed E-state index contributed by atoms with van der Waals surface area (Å²) in [6.07, 6.45) is 21.6. The van der Waals surface area contributed by atoms with Crippen LogP contribution >= 0.6 is 0 Å². The first-order chi connectivity index (χ1) is 25.4. The molecule has 0 aliphatic carbocycles. The van der Waals surface area contributed by atoms with E-state index in [9.17, 15) is 19.2 Å². The molecule has 0 saturated heterocycles. The fourth-order valence-corrected chi connectivity index (χ4v) is 6.36. The average Bonchev–Trinajstić information content (AvgIpc) is 3.10. The van der Waals surface area contributed by atoms with E-state index in [1.165, 1.54) is 64.2 Å². The molecule has 0 rings (SSSR count). The lowest BCUT2D eigenvalue weighted by molar-refractivity contribution is -0.134. The molecule has 310 valence electrons. The minimum atomic E-state index is -0.886. The molecule has 0 spiro atoms. The van der Waals surface area contributed by atoms with Gasteiger partial charge in [0.25, 0.3) is 0 Å². The highest BCUT2D eigenvalue weighted by atomic mass is 16.2. The van der Waals surface area contributed by atoms with Crippen LogP contribution in [-0.2, 0) is 19.2 Å². The van der Waals surface area contributed by atoms with Crippen LogP contribution in [0.3, 0.4) is 0 Å².